The number of carbonyl (C=O) groups is 1. The third-order valence-electron chi connectivity index (χ3n) is 5.04. The minimum absolute atomic E-state index is 0.0555. The number of aromatic nitrogens is 2. The fraction of sp³-hybridized carbons (Fsp3) is 0.450. The van der Waals surface area contributed by atoms with Crippen LogP contribution < -0.4 is 9.64 Å². The van der Waals surface area contributed by atoms with Crippen molar-refractivity contribution in [2.24, 2.45) is 0 Å². The van der Waals surface area contributed by atoms with Gasteiger partial charge in [0, 0.05) is 51.4 Å². The van der Waals surface area contributed by atoms with Crippen molar-refractivity contribution in [2.75, 3.05) is 44.3 Å². The summed E-state index contributed by atoms with van der Waals surface area (Å²) < 4.78 is 11.2. The zero-order valence-electron chi connectivity index (χ0n) is 15.6. The number of anilines is 1. The summed E-state index contributed by atoms with van der Waals surface area (Å²) in [5.41, 5.74) is 0.482. The predicted octanol–water partition coefficient (Wildman–Crippen LogP) is 2.65. The molecule has 2 saturated heterocycles. The molecule has 0 radical (unpaired) electrons. The van der Waals surface area contributed by atoms with Crippen LogP contribution in [0.5, 0.6) is 5.88 Å². The lowest BCUT2D eigenvalue weighted by molar-refractivity contribution is 0.0238. The molecular formula is C20H23ClN4O3. The second-order valence-corrected chi connectivity index (χ2v) is 7.31. The molecule has 0 bridgehead atoms. The predicted molar refractivity (Wildman–Crippen MR) is 106 cm³/mol. The third-order valence-corrected chi connectivity index (χ3v) is 5.31. The highest BCUT2D eigenvalue weighted by Gasteiger charge is 2.24. The van der Waals surface area contributed by atoms with E-state index < -0.39 is 0 Å². The van der Waals surface area contributed by atoms with Gasteiger partial charge in [0.1, 0.15) is 16.9 Å². The van der Waals surface area contributed by atoms with Crippen molar-refractivity contribution in [3.05, 3.63) is 47.2 Å². The van der Waals surface area contributed by atoms with E-state index >= 15 is 0 Å². The molecule has 2 fully saturated rings. The lowest BCUT2D eigenvalue weighted by Crippen LogP contribution is -2.49. The van der Waals surface area contributed by atoms with Crippen LogP contribution in [0.2, 0.25) is 5.02 Å². The molecule has 2 aromatic heterocycles. The van der Waals surface area contributed by atoms with Crippen LogP contribution in [0.25, 0.3) is 0 Å². The summed E-state index contributed by atoms with van der Waals surface area (Å²) in [4.78, 5) is 25.5. The zero-order valence-corrected chi connectivity index (χ0v) is 16.3. The first-order chi connectivity index (χ1) is 13.7. The Morgan fingerprint density at radius 2 is 1.93 bits per heavy atom. The van der Waals surface area contributed by atoms with Crippen molar-refractivity contribution in [1.82, 2.24) is 14.9 Å². The van der Waals surface area contributed by atoms with Crippen molar-refractivity contribution in [1.29, 1.82) is 0 Å². The average molecular weight is 403 g/mol. The van der Waals surface area contributed by atoms with Crippen LogP contribution in [-0.2, 0) is 4.74 Å². The second-order valence-electron chi connectivity index (χ2n) is 6.91. The van der Waals surface area contributed by atoms with Crippen LogP contribution >= 0.6 is 11.6 Å². The van der Waals surface area contributed by atoms with Gasteiger partial charge in [-0.3, -0.25) is 4.79 Å². The van der Waals surface area contributed by atoms with Crippen LogP contribution in [0.4, 0.5) is 5.82 Å². The lowest BCUT2D eigenvalue weighted by atomic mass is 10.1. The Kier molecular flexibility index (Phi) is 5.92. The third kappa shape index (κ3) is 4.36. The number of halogens is 1. The molecule has 0 spiro atoms. The Balaban J connectivity index is 1.36. The van der Waals surface area contributed by atoms with Gasteiger partial charge in [0.05, 0.1) is 18.8 Å². The molecule has 0 saturated carbocycles. The SMILES string of the molecule is O=C(c1cnc(OC2CCOCC2)c(Cl)c1)N1CCN(c2ccccn2)CC1. The maximum atomic E-state index is 12.8. The standard InChI is InChI=1S/C20H23ClN4O3/c21-17-13-15(14-23-19(17)28-16-4-11-27-12-5-16)20(26)25-9-7-24(8-10-25)18-3-1-2-6-22-18/h1-3,6,13-14,16H,4-5,7-12H2. The maximum Gasteiger partial charge on any atom is 0.255 e. The molecule has 2 aromatic rings. The number of carbonyl (C=O) groups excluding carboxylic acids is 1. The second kappa shape index (κ2) is 8.75. The molecule has 1 amide bonds. The van der Waals surface area contributed by atoms with Crippen molar-refractivity contribution in [2.45, 2.75) is 18.9 Å². The van der Waals surface area contributed by atoms with Gasteiger partial charge in [-0.15, -0.1) is 0 Å². The number of pyridine rings is 2. The van der Waals surface area contributed by atoms with Gasteiger partial charge in [0.15, 0.2) is 0 Å². The quantitative estimate of drug-likeness (QED) is 0.783. The van der Waals surface area contributed by atoms with E-state index in [0.717, 1.165) is 31.7 Å². The fourth-order valence-electron chi connectivity index (χ4n) is 3.44. The van der Waals surface area contributed by atoms with Gasteiger partial charge in [-0.05, 0) is 18.2 Å². The molecule has 28 heavy (non-hydrogen) atoms. The summed E-state index contributed by atoms with van der Waals surface area (Å²) in [7, 11) is 0. The fourth-order valence-corrected chi connectivity index (χ4v) is 3.65. The Morgan fingerprint density at radius 3 is 2.61 bits per heavy atom. The van der Waals surface area contributed by atoms with E-state index in [-0.39, 0.29) is 12.0 Å². The van der Waals surface area contributed by atoms with Gasteiger partial charge in [-0.2, -0.15) is 0 Å². The van der Waals surface area contributed by atoms with Gasteiger partial charge in [-0.25, -0.2) is 9.97 Å². The zero-order chi connectivity index (χ0) is 19.3. The molecule has 0 atom stereocenters. The molecule has 0 N–H and O–H groups in total. The Hall–Kier alpha value is -2.38. The molecule has 2 aliphatic rings. The summed E-state index contributed by atoms with van der Waals surface area (Å²) >= 11 is 6.33. The summed E-state index contributed by atoms with van der Waals surface area (Å²) in [5, 5.41) is 0.365. The highest BCUT2D eigenvalue weighted by atomic mass is 35.5. The first-order valence-electron chi connectivity index (χ1n) is 9.56. The molecule has 4 heterocycles. The van der Waals surface area contributed by atoms with E-state index in [0.29, 0.717) is 42.8 Å². The molecule has 0 aromatic carbocycles. The van der Waals surface area contributed by atoms with Gasteiger partial charge in [0.2, 0.25) is 5.88 Å². The summed E-state index contributed by atoms with van der Waals surface area (Å²) in [6.45, 7) is 4.12. The highest BCUT2D eigenvalue weighted by molar-refractivity contribution is 6.32. The lowest BCUT2D eigenvalue weighted by Gasteiger charge is -2.35. The molecular weight excluding hydrogens is 380 g/mol. The number of rotatable bonds is 4. The molecule has 148 valence electrons. The topological polar surface area (TPSA) is 67.8 Å². The largest absolute Gasteiger partial charge is 0.473 e. The van der Waals surface area contributed by atoms with Crippen molar-refractivity contribution < 1.29 is 14.3 Å². The van der Waals surface area contributed by atoms with E-state index in [1.165, 1.54) is 0 Å². The molecule has 4 rings (SSSR count). The minimum Gasteiger partial charge on any atom is -0.473 e. The van der Waals surface area contributed by atoms with Crippen molar-refractivity contribution >= 4 is 23.3 Å². The van der Waals surface area contributed by atoms with E-state index in [1.54, 1.807) is 18.5 Å². The number of nitrogens with zero attached hydrogens (tertiary/aromatic N) is 4. The van der Waals surface area contributed by atoms with E-state index in [9.17, 15) is 4.79 Å². The van der Waals surface area contributed by atoms with E-state index in [4.69, 9.17) is 21.1 Å². The van der Waals surface area contributed by atoms with Crippen molar-refractivity contribution in [3.63, 3.8) is 0 Å². The molecule has 0 aliphatic carbocycles. The van der Waals surface area contributed by atoms with Gasteiger partial charge in [0.25, 0.3) is 5.91 Å². The van der Waals surface area contributed by atoms with Gasteiger partial charge >= 0.3 is 0 Å². The summed E-state index contributed by atoms with van der Waals surface area (Å²) in [5.74, 6) is 1.26. The van der Waals surface area contributed by atoms with Gasteiger partial charge < -0.3 is 19.3 Å². The number of hydrogen-bond donors (Lipinski definition) is 0. The summed E-state index contributed by atoms with van der Waals surface area (Å²) in [6.07, 6.45) is 5.02. The van der Waals surface area contributed by atoms with Crippen LogP contribution in [-0.4, -0.2) is 66.3 Å². The van der Waals surface area contributed by atoms with E-state index in [2.05, 4.69) is 14.9 Å². The monoisotopic (exact) mass is 402 g/mol. The highest BCUT2D eigenvalue weighted by Crippen LogP contribution is 2.26. The normalized spacial score (nSPS) is 18.2. The molecule has 0 unspecified atom stereocenters. The van der Waals surface area contributed by atoms with Crippen LogP contribution in [0, 0.1) is 0 Å². The first kappa shape index (κ1) is 19.0. The number of hydrogen-bond acceptors (Lipinski definition) is 6. The molecule has 8 heteroatoms. The average Bonchev–Trinajstić information content (AvgIpc) is 2.76. The van der Waals surface area contributed by atoms with Gasteiger partial charge in [-0.1, -0.05) is 17.7 Å². The smallest absolute Gasteiger partial charge is 0.255 e. The Bertz CT molecular complexity index is 806. The Labute approximate surface area is 169 Å². The first-order valence-corrected chi connectivity index (χ1v) is 9.94. The summed E-state index contributed by atoms with van der Waals surface area (Å²) in [6, 6.07) is 7.50. The van der Waals surface area contributed by atoms with Crippen LogP contribution in [0.3, 0.4) is 0 Å². The molecule has 7 nitrogen and oxygen atoms in total. The maximum absolute atomic E-state index is 12.8. The number of piperazine rings is 1. The minimum atomic E-state index is -0.0623. The number of amides is 1. The molecule has 2 aliphatic heterocycles. The van der Waals surface area contributed by atoms with E-state index in [1.807, 2.05) is 23.1 Å². The van der Waals surface area contributed by atoms with Crippen LogP contribution in [0.15, 0.2) is 36.7 Å². The number of ether oxygens (including phenoxy) is 2. The Morgan fingerprint density at radius 1 is 1.14 bits per heavy atom. The van der Waals surface area contributed by atoms with Crippen molar-refractivity contribution in [3.8, 4) is 5.88 Å². The van der Waals surface area contributed by atoms with Crippen LogP contribution in [0.1, 0.15) is 23.2 Å².